The van der Waals surface area contributed by atoms with Gasteiger partial charge in [-0.25, -0.2) is 19.9 Å². The molecule has 0 aliphatic carbocycles. The predicted octanol–water partition coefficient (Wildman–Crippen LogP) is 39.5. The molecule has 7 nitrogen and oxygen atoms in total. The molecule has 0 saturated carbocycles. The number of hydrogen-bond donors (Lipinski definition) is 0. The molecule has 0 bridgehead atoms. The number of thiophene rings is 5. The molecule has 12 heteroatoms. The second-order valence-electron chi connectivity index (χ2n) is 38.5. The van der Waals surface area contributed by atoms with E-state index < -0.39 is 0 Å². The summed E-state index contributed by atoms with van der Waals surface area (Å²) < 4.78 is 20.1. The van der Waals surface area contributed by atoms with Crippen molar-refractivity contribution < 1.29 is 0 Å². The maximum Gasteiger partial charge on any atom is 0.160 e. The Hall–Kier alpha value is -18.0. The molecule has 0 aliphatic heterocycles. The van der Waals surface area contributed by atoms with Gasteiger partial charge in [0.05, 0.1) is 60.2 Å². The van der Waals surface area contributed by atoms with Crippen molar-refractivity contribution in [3.05, 3.63) is 479 Å². The highest BCUT2D eigenvalue weighted by Crippen LogP contribution is 2.51. The molecular weight excluding hydrogens is 1890 g/mol. The molecule has 10 aromatic heterocycles. The first-order chi connectivity index (χ1) is 73.3. The summed E-state index contributed by atoms with van der Waals surface area (Å²) in [6, 6.07) is 174. The standard InChI is InChI=1S/C52H29N3S2.C50H29N3S2.C34H21NS/c1-2-11-31(12-3-1)50-39-22-18-30-10-6-7-15-36(30)51(39)54-52(53-50)34-19-21-38-42-27-35(20-23-46(42)56-47(38)26-34)55-44-17-9-8-16-37(44)40-28-43-41-24-32-13-4-5-14-33(32)25-48(41)57-49(43)29-45(40)55;1-3-13-30(14-4-1)33-25-34(50-51-46(32-16-5-2-6-17-32)49-47(52-50)39-20-10-12-22-44(39)55-49)27-35(26-33)53-42-29-45-41(37-19-9-11-21-43(37)54-45)28-40(42)38-24-23-31-15-7-8-18-36(31)48(38)53;1-3-9-22(10-4-1)24-15-17-30-27(19-24)28-20-29-33(21-31(28)35(30)25-12-5-2-6-13-25)36-32-18-16-23-11-7-8-14-26(23)34(29)32/h1-29H;1-29H;1-21H. The van der Waals surface area contributed by atoms with Crippen LogP contribution in [0, 0.1) is 0 Å². The number of aromatic nitrogens is 7. The van der Waals surface area contributed by atoms with Crippen molar-refractivity contribution >= 4 is 277 Å². The van der Waals surface area contributed by atoms with Gasteiger partial charge in [0.1, 0.15) is 0 Å². The zero-order valence-corrected chi connectivity index (χ0v) is 83.4. The Balaban J connectivity index is 0.000000103. The number of rotatable bonds is 9. The zero-order valence-electron chi connectivity index (χ0n) is 79.3. The molecule has 0 saturated heterocycles. The first kappa shape index (κ1) is 84.5. The Morgan fingerprint density at radius 1 is 0.155 bits per heavy atom. The van der Waals surface area contributed by atoms with E-state index in [1.165, 1.54) is 211 Å². The average Bonchev–Trinajstić information content (AvgIpc) is 1.55. The van der Waals surface area contributed by atoms with Crippen LogP contribution in [0.15, 0.2) is 479 Å². The Morgan fingerprint density at radius 3 is 1.32 bits per heavy atom. The zero-order chi connectivity index (χ0) is 96.9. The van der Waals surface area contributed by atoms with Gasteiger partial charge in [-0.2, -0.15) is 0 Å². The van der Waals surface area contributed by atoms with Gasteiger partial charge in [-0.15, -0.1) is 56.7 Å². The van der Waals surface area contributed by atoms with Crippen molar-refractivity contribution in [1.82, 2.24) is 33.6 Å². The summed E-state index contributed by atoms with van der Waals surface area (Å²) in [4.78, 5) is 21.4. The van der Waals surface area contributed by atoms with Crippen molar-refractivity contribution in [3.8, 4) is 84.6 Å². The van der Waals surface area contributed by atoms with E-state index in [1.807, 2.05) is 45.3 Å². The first-order valence-electron chi connectivity index (χ1n) is 50.0. The van der Waals surface area contributed by atoms with Crippen molar-refractivity contribution in [1.29, 1.82) is 0 Å². The molecule has 33 rings (SSSR count). The highest BCUT2D eigenvalue weighted by molar-refractivity contribution is 7.27. The molecule has 0 aliphatic rings. The Labute approximate surface area is 867 Å². The van der Waals surface area contributed by atoms with Crippen molar-refractivity contribution in [2.24, 2.45) is 0 Å². The van der Waals surface area contributed by atoms with Gasteiger partial charge in [0.15, 0.2) is 11.6 Å². The topological polar surface area (TPSA) is 66.3 Å². The van der Waals surface area contributed by atoms with E-state index in [9.17, 15) is 0 Å². The fourth-order valence-electron chi connectivity index (χ4n) is 23.2. The molecule has 148 heavy (non-hydrogen) atoms. The summed E-state index contributed by atoms with van der Waals surface area (Å²) in [7, 11) is 0. The molecule has 0 amide bonds. The number of nitrogens with zero attached hydrogens (tertiary/aromatic N) is 7. The summed E-state index contributed by atoms with van der Waals surface area (Å²) in [5.74, 6) is 1.45. The molecule has 0 unspecified atom stereocenters. The van der Waals surface area contributed by atoms with E-state index in [-0.39, 0.29) is 0 Å². The molecule has 0 N–H and O–H groups in total. The van der Waals surface area contributed by atoms with Crippen LogP contribution < -0.4 is 0 Å². The van der Waals surface area contributed by atoms with E-state index in [1.54, 1.807) is 11.3 Å². The normalized spacial score (nSPS) is 12.1. The van der Waals surface area contributed by atoms with E-state index in [2.05, 4.69) is 493 Å². The molecule has 10 heterocycles. The second kappa shape index (κ2) is 33.8. The SMILES string of the molecule is c1ccc(-c2cc(-c3nc(-c4ccccc4)c4sc5ccccc5c4n3)cc(-n3c4cc5sc6ccccc6c5cc4c4ccc5ccccc5c43)c2)cc1.c1ccc(-c2ccc3c(c2)c2cc4c(cc2n3-c2ccccc2)sc2ccc3ccccc3c24)cc1.c1ccc(-c2nc(-c3ccc4c(c3)sc3ccc(-n5c6ccccc6c6cc7c(cc65)sc5cc6ccccc6cc57)cc34)nc3c2ccc2ccccc23)cc1. The van der Waals surface area contributed by atoms with Gasteiger partial charge in [0.25, 0.3) is 0 Å². The fourth-order valence-corrected chi connectivity index (χ4v) is 28.9. The van der Waals surface area contributed by atoms with E-state index >= 15 is 0 Å². The van der Waals surface area contributed by atoms with Crippen LogP contribution in [0.4, 0.5) is 0 Å². The molecule has 0 radical (unpaired) electrons. The molecule has 0 fully saturated rings. The van der Waals surface area contributed by atoms with Gasteiger partial charge >= 0.3 is 0 Å². The summed E-state index contributed by atoms with van der Waals surface area (Å²) in [5, 5.41) is 30.3. The third-order valence-corrected chi connectivity index (χ3v) is 35.7. The summed E-state index contributed by atoms with van der Waals surface area (Å²) in [6.45, 7) is 0. The highest BCUT2D eigenvalue weighted by atomic mass is 32.1. The van der Waals surface area contributed by atoms with Gasteiger partial charge in [-0.3, -0.25) is 0 Å². The Kier molecular flexibility index (Phi) is 19.3. The van der Waals surface area contributed by atoms with Gasteiger partial charge in [0, 0.05) is 179 Å². The van der Waals surface area contributed by atoms with Crippen molar-refractivity contribution in [2.45, 2.75) is 0 Å². The van der Waals surface area contributed by atoms with Crippen molar-refractivity contribution in [3.63, 3.8) is 0 Å². The van der Waals surface area contributed by atoms with Crippen LogP contribution in [0.5, 0.6) is 0 Å². The van der Waals surface area contributed by atoms with E-state index in [4.69, 9.17) is 19.9 Å². The summed E-state index contributed by atoms with van der Waals surface area (Å²) >= 11 is 9.24. The number of para-hydroxylation sites is 2. The number of hydrogen-bond acceptors (Lipinski definition) is 9. The molecular formula is C136H79N7S5. The molecule has 688 valence electrons. The van der Waals surface area contributed by atoms with E-state index in [0.29, 0.717) is 5.82 Å². The lowest BCUT2D eigenvalue weighted by atomic mass is 10.0. The number of benzene rings is 23. The minimum atomic E-state index is 0.714. The molecule has 23 aromatic carbocycles. The Morgan fingerprint density at radius 2 is 0.588 bits per heavy atom. The smallest absolute Gasteiger partial charge is 0.160 e. The second-order valence-corrected chi connectivity index (χ2v) is 43.9. The lowest BCUT2D eigenvalue weighted by Gasteiger charge is -2.15. The maximum atomic E-state index is 5.43. The van der Waals surface area contributed by atoms with Gasteiger partial charge < -0.3 is 13.7 Å². The summed E-state index contributed by atoms with van der Waals surface area (Å²) in [6.07, 6.45) is 0. The van der Waals surface area contributed by atoms with Gasteiger partial charge in [-0.1, -0.05) is 334 Å². The van der Waals surface area contributed by atoms with Crippen LogP contribution in [0.3, 0.4) is 0 Å². The molecule has 0 spiro atoms. The average molecular weight is 1970 g/mol. The quantitative estimate of drug-likeness (QED) is 0.135. The van der Waals surface area contributed by atoms with Crippen LogP contribution in [0.2, 0.25) is 0 Å². The lowest BCUT2D eigenvalue weighted by molar-refractivity contribution is 1.18. The van der Waals surface area contributed by atoms with Crippen LogP contribution in [0.1, 0.15) is 0 Å². The minimum absolute atomic E-state index is 0.714. The predicted molar refractivity (Wildman–Crippen MR) is 638 cm³/mol. The molecule has 33 aromatic rings. The van der Waals surface area contributed by atoms with Crippen LogP contribution in [-0.2, 0) is 0 Å². The van der Waals surface area contributed by atoms with Crippen LogP contribution in [-0.4, -0.2) is 33.6 Å². The summed E-state index contributed by atoms with van der Waals surface area (Å²) in [5.41, 5.74) is 23.6. The fraction of sp³-hybridized carbons (Fsp3) is 0. The van der Waals surface area contributed by atoms with E-state index in [0.717, 1.165) is 88.2 Å². The van der Waals surface area contributed by atoms with Crippen LogP contribution in [0.25, 0.3) is 305 Å². The van der Waals surface area contributed by atoms with Gasteiger partial charge in [-0.05, 0) is 200 Å². The lowest BCUT2D eigenvalue weighted by Crippen LogP contribution is -1.99. The minimum Gasteiger partial charge on any atom is -0.309 e. The number of fused-ring (bicyclic) bond motifs is 32. The monoisotopic (exact) mass is 1970 g/mol. The Bertz CT molecular complexity index is 11400. The third-order valence-electron chi connectivity index (χ3n) is 30.1. The van der Waals surface area contributed by atoms with Crippen molar-refractivity contribution in [2.75, 3.05) is 0 Å². The third kappa shape index (κ3) is 13.6. The maximum absolute atomic E-state index is 5.43. The van der Waals surface area contributed by atoms with Crippen LogP contribution >= 0.6 is 56.7 Å². The first-order valence-corrected chi connectivity index (χ1v) is 54.1. The molecule has 0 atom stereocenters. The van der Waals surface area contributed by atoms with Gasteiger partial charge in [0.2, 0.25) is 0 Å². The highest BCUT2D eigenvalue weighted by Gasteiger charge is 2.27. The largest absolute Gasteiger partial charge is 0.309 e.